The van der Waals surface area contributed by atoms with Crippen molar-refractivity contribution in [2.45, 2.75) is 70.8 Å². The van der Waals surface area contributed by atoms with Gasteiger partial charge in [0.05, 0.1) is 6.04 Å². The minimum absolute atomic E-state index is 0.0933. The van der Waals surface area contributed by atoms with Gasteiger partial charge in [0.2, 0.25) is 5.91 Å². The lowest BCUT2D eigenvalue weighted by Crippen LogP contribution is -2.38. The van der Waals surface area contributed by atoms with Gasteiger partial charge in [0.15, 0.2) is 0 Å². The summed E-state index contributed by atoms with van der Waals surface area (Å²) in [5, 5.41) is 3.31. The van der Waals surface area contributed by atoms with Crippen molar-refractivity contribution in [2.24, 2.45) is 11.8 Å². The number of nitrogens with one attached hydrogen (secondary N) is 1. The van der Waals surface area contributed by atoms with Crippen molar-refractivity contribution in [1.29, 1.82) is 0 Å². The number of amides is 1. The van der Waals surface area contributed by atoms with Gasteiger partial charge in [-0.1, -0.05) is 57.4 Å². The fourth-order valence-corrected chi connectivity index (χ4v) is 4.28. The Bertz CT molecular complexity index is 540. The molecule has 3 heteroatoms. The molecule has 1 aliphatic carbocycles. The highest BCUT2D eigenvalue weighted by Crippen LogP contribution is 2.33. The molecule has 1 aromatic rings. The third-order valence-electron chi connectivity index (χ3n) is 5.93. The van der Waals surface area contributed by atoms with E-state index in [9.17, 15) is 4.79 Å². The Labute approximate surface area is 152 Å². The number of carbonyl (C=O) groups excluding carboxylic acids is 1. The molecule has 3 rings (SSSR count). The lowest BCUT2D eigenvalue weighted by molar-refractivity contribution is -0.129. The van der Waals surface area contributed by atoms with Crippen LogP contribution in [0, 0.1) is 11.8 Å². The molecule has 3 nitrogen and oxygen atoms in total. The lowest BCUT2D eigenvalue weighted by atomic mass is 9.83. The fraction of sp³-hybridized carbons (Fsp3) is 0.682. The molecule has 1 saturated heterocycles. The largest absolute Gasteiger partial charge is 0.381 e. The first-order chi connectivity index (χ1) is 12.1. The highest BCUT2D eigenvalue weighted by molar-refractivity contribution is 5.79. The van der Waals surface area contributed by atoms with E-state index < -0.39 is 0 Å². The minimum Gasteiger partial charge on any atom is -0.381 e. The van der Waals surface area contributed by atoms with E-state index in [-0.39, 0.29) is 17.9 Å². The molecule has 1 aromatic carbocycles. The third-order valence-corrected chi connectivity index (χ3v) is 5.93. The van der Waals surface area contributed by atoms with Crippen LogP contribution in [0.3, 0.4) is 0 Å². The normalized spacial score (nSPS) is 21.2. The van der Waals surface area contributed by atoms with E-state index in [4.69, 9.17) is 4.74 Å². The Morgan fingerprint density at radius 3 is 2.24 bits per heavy atom. The van der Waals surface area contributed by atoms with Crippen LogP contribution in [0.1, 0.15) is 81.9 Å². The molecule has 1 aliphatic heterocycles. The first-order valence-corrected chi connectivity index (χ1v) is 10.1. The zero-order chi connectivity index (χ0) is 17.6. The Balaban J connectivity index is 1.66. The van der Waals surface area contributed by atoms with Crippen molar-refractivity contribution in [3.8, 4) is 0 Å². The molecule has 0 bridgehead atoms. The van der Waals surface area contributed by atoms with E-state index in [0.29, 0.717) is 19.1 Å². The van der Waals surface area contributed by atoms with Gasteiger partial charge in [-0.25, -0.2) is 0 Å². The van der Waals surface area contributed by atoms with Crippen molar-refractivity contribution in [3.63, 3.8) is 0 Å². The molecular weight excluding hydrogens is 310 g/mol. The van der Waals surface area contributed by atoms with E-state index in [1.54, 1.807) is 0 Å². The van der Waals surface area contributed by atoms with Crippen molar-refractivity contribution in [3.05, 3.63) is 35.4 Å². The number of carbonyl (C=O) groups is 1. The molecule has 25 heavy (non-hydrogen) atoms. The topological polar surface area (TPSA) is 38.3 Å². The first-order valence-electron chi connectivity index (χ1n) is 10.1. The molecule has 1 amide bonds. The van der Waals surface area contributed by atoms with Crippen LogP contribution in [0.5, 0.6) is 0 Å². The summed E-state index contributed by atoms with van der Waals surface area (Å²) in [6.45, 7) is 5.79. The van der Waals surface area contributed by atoms with Gasteiger partial charge in [-0.3, -0.25) is 4.79 Å². The van der Waals surface area contributed by atoms with E-state index in [1.165, 1.54) is 43.2 Å². The van der Waals surface area contributed by atoms with E-state index >= 15 is 0 Å². The van der Waals surface area contributed by atoms with Crippen molar-refractivity contribution in [2.75, 3.05) is 13.2 Å². The molecule has 1 N–H and O–H groups in total. The van der Waals surface area contributed by atoms with Crippen LogP contribution in [0.2, 0.25) is 0 Å². The molecule has 1 saturated carbocycles. The number of hydrogen-bond donors (Lipinski definition) is 1. The number of ether oxygens (including phenoxy) is 1. The molecule has 2 fully saturated rings. The Kier molecular flexibility index (Phi) is 6.52. The average molecular weight is 344 g/mol. The summed E-state index contributed by atoms with van der Waals surface area (Å²) in [6, 6.07) is 9.15. The molecule has 138 valence electrons. The van der Waals surface area contributed by atoms with E-state index in [1.807, 2.05) is 0 Å². The standard InChI is InChI=1S/C22H33NO2/c1-16(2)21(23-22(24)20-12-14-25-15-13-20)19-10-8-18(9-11-19)17-6-4-3-5-7-17/h8-11,16-17,20-21H,3-7,12-15H2,1-2H3,(H,23,24). The van der Waals surface area contributed by atoms with Gasteiger partial charge < -0.3 is 10.1 Å². The fourth-order valence-electron chi connectivity index (χ4n) is 4.28. The van der Waals surface area contributed by atoms with Crippen LogP contribution in [0.15, 0.2) is 24.3 Å². The van der Waals surface area contributed by atoms with Gasteiger partial charge in [-0.15, -0.1) is 0 Å². The van der Waals surface area contributed by atoms with Gasteiger partial charge in [-0.2, -0.15) is 0 Å². The molecule has 0 aromatic heterocycles. The predicted octanol–water partition coefficient (Wildman–Crippen LogP) is 4.97. The third kappa shape index (κ3) is 4.84. The summed E-state index contributed by atoms with van der Waals surface area (Å²) >= 11 is 0. The Morgan fingerprint density at radius 2 is 1.64 bits per heavy atom. The molecule has 1 atom stereocenters. The highest BCUT2D eigenvalue weighted by atomic mass is 16.5. The van der Waals surface area contributed by atoms with Gasteiger partial charge in [-0.05, 0) is 48.6 Å². The van der Waals surface area contributed by atoms with Crippen molar-refractivity contribution < 1.29 is 9.53 Å². The van der Waals surface area contributed by atoms with E-state index in [2.05, 4.69) is 43.4 Å². The van der Waals surface area contributed by atoms with Crippen molar-refractivity contribution in [1.82, 2.24) is 5.32 Å². The maximum atomic E-state index is 12.6. The zero-order valence-electron chi connectivity index (χ0n) is 15.8. The van der Waals surface area contributed by atoms with Crippen LogP contribution < -0.4 is 5.32 Å². The molecule has 1 unspecified atom stereocenters. The number of hydrogen-bond acceptors (Lipinski definition) is 2. The molecule has 2 aliphatic rings. The smallest absolute Gasteiger partial charge is 0.223 e. The maximum Gasteiger partial charge on any atom is 0.223 e. The summed E-state index contributed by atoms with van der Waals surface area (Å²) in [5.41, 5.74) is 2.71. The van der Waals surface area contributed by atoms with Crippen LogP contribution in [0.25, 0.3) is 0 Å². The van der Waals surface area contributed by atoms with Crippen LogP contribution in [-0.4, -0.2) is 19.1 Å². The SMILES string of the molecule is CC(C)C(NC(=O)C1CCOCC1)c1ccc(C2CCCCC2)cc1. The summed E-state index contributed by atoms with van der Waals surface area (Å²) in [5.74, 6) is 1.41. The Hall–Kier alpha value is -1.35. The monoisotopic (exact) mass is 343 g/mol. The second-order valence-corrected chi connectivity index (χ2v) is 8.12. The molecule has 1 heterocycles. The average Bonchev–Trinajstić information content (AvgIpc) is 2.67. The number of benzene rings is 1. The first kappa shape index (κ1) is 18.4. The lowest BCUT2D eigenvalue weighted by Gasteiger charge is -2.28. The maximum absolute atomic E-state index is 12.6. The second kappa shape index (κ2) is 8.84. The predicted molar refractivity (Wildman–Crippen MR) is 102 cm³/mol. The molecule has 0 radical (unpaired) electrons. The number of rotatable bonds is 5. The van der Waals surface area contributed by atoms with Gasteiger partial charge >= 0.3 is 0 Å². The Morgan fingerprint density at radius 1 is 1.00 bits per heavy atom. The molecule has 0 spiro atoms. The van der Waals surface area contributed by atoms with Crippen LogP contribution in [0.4, 0.5) is 0 Å². The highest BCUT2D eigenvalue weighted by Gasteiger charge is 2.26. The summed E-state index contributed by atoms with van der Waals surface area (Å²) in [7, 11) is 0. The summed E-state index contributed by atoms with van der Waals surface area (Å²) in [6.07, 6.45) is 8.46. The second-order valence-electron chi connectivity index (χ2n) is 8.12. The van der Waals surface area contributed by atoms with E-state index in [0.717, 1.165) is 18.8 Å². The summed E-state index contributed by atoms with van der Waals surface area (Å²) < 4.78 is 5.38. The van der Waals surface area contributed by atoms with Gasteiger partial charge in [0.1, 0.15) is 0 Å². The quantitative estimate of drug-likeness (QED) is 0.819. The van der Waals surface area contributed by atoms with Crippen LogP contribution in [-0.2, 0) is 9.53 Å². The summed E-state index contributed by atoms with van der Waals surface area (Å²) in [4.78, 5) is 12.6. The van der Waals surface area contributed by atoms with Crippen LogP contribution >= 0.6 is 0 Å². The zero-order valence-corrected chi connectivity index (χ0v) is 15.8. The van der Waals surface area contributed by atoms with Gasteiger partial charge in [0.25, 0.3) is 0 Å². The molecular formula is C22H33NO2. The van der Waals surface area contributed by atoms with Gasteiger partial charge in [0, 0.05) is 19.1 Å². The minimum atomic E-state index is 0.0933. The van der Waals surface area contributed by atoms with Crippen molar-refractivity contribution >= 4 is 5.91 Å².